The van der Waals surface area contributed by atoms with Crippen LogP contribution in [0.4, 0.5) is 0 Å². The predicted molar refractivity (Wildman–Crippen MR) is 319 cm³/mol. The highest BCUT2D eigenvalue weighted by Gasteiger charge is 2.28. The number of aliphatic hydroxyl groups is 1. The average molecular weight is 1050 g/mol. The zero-order valence-electron chi connectivity index (χ0n) is 49.9. The van der Waals surface area contributed by atoms with Gasteiger partial charge in [-0.2, -0.15) is 0 Å². The van der Waals surface area contributed by atoms with Gasteiger partial charge in [-0.1, -0.05) is 309 Å². The Hall–Kier alpha value is -0.760. The van der Waals surface area contributed by atoms with E-state index in [0.29, 0.717) is 23.9 Å². The zero-order chi connectivity index (χ0) is 53.5. The molecule has 0 aromatic rings. The van der Waals surface area contributed by atoms with Crippen molar-refractivity contribution in [3.8, 4) is 0 Å². The van der Waals surface area contributed by atoms with Gasteiger partial charge in [-0.3, -0.25) is 13.8 Å². The Balaban J connectivity index is 3.86. The zero-order valence-corrected chi connectivity index (χ0v) is 50.8. The van der Waals surface area contributed by atoms with E-state index in [1.54, 1.807) is 0 Å². The molecule has 0 radical (unpaired) electrons. The van der Waals surface area contributed by atoms with Crippen LogP contribution in [0, 0.1) is 0 Å². The van der Waals surface area contributed by atoms with Gasteiger partial charge in [-0.05, 0) is 38.5 Å². The maximum absolute atomic E-state index is 13.0. The highest BCUT2D eigenvalue weighted by atomic mass is 31.2. The van der Waals surface area contributed by atoms with Gasteiger partial charge in [0, 0.05) is 6.42 Å². The monoisotopic (exact) mass is 1050 g/mol. The number of quaternary nitrogens is 1. The third kappa shape index (κ3) is 58.8. The maximum atomic E-state index is 13.0. The normalized spacial score (nSPS) is 13.8. The number of amides is 1. The first kappa shape index (κ1) is 72.2. The van der Waals surface area contributed by atoms with E-state index in [2.05, 4.69) is 31.3 Å². The molecule has 0 aromatic heterocycles. The Kier molecular flexibility index (Phi) is 55.4. The van der Waals surface area contributed by atoms with Crippen LogP contribution in [0.2, 0.25) is 0 Å². The first-order chi connectivity index (χ1) is 35.5. The number of allylic oxidation sites excluding steroid dienone is 2. The van der Waals surface area contributed by atoms with Gasteiger partial charge in [0.15, 0.2) is 0 Å². The third-order valence-corrected chi connectivity index (χ3v) is 16.2. The molecule has 3 atom stereocenters. The van der Waals surface area contributed by atoms with E-state index in [-0.39, 0.29) is 19.1 Å². The SMILES string of the molecule is CCCCCCCCCC/C=C\CCCCCCCCCCCCCCCCCCCCCCCCCCCC(=O)NC(COP(=O)(O)OCC[N+](C)(C)C)C(O)CCCCCCCCCCCCCCCC. The molecule has 9 heteroatoms. The number of nitrogens with zero attached hydrogens (tertiary/aromatic N) is 1. The molecule has 73 heavy (non-hydrogen) atoms. The number of carbonyl (C=O) groups is 1. The first-order valence-electron chi connectivity index (χ1n) is 32.6. The van der Waals surface area contributed by atoms with Gasteiger partial charge in [-0.25, -0.2) is 4.57 Å². The smallest absolute Gasteiger partial charge is 0.391 e. The summed E-state index contributed by atoms with van der Waals surface area (Å²) in [6, 6.07) is -0.756. The third-order valence-electron chi connectivity index (χ3n) is 15.3. The van der Waals surface area contributed by atoms with E-state index >= 15 is 0 Å². The van der Waals surface area contributed by atoms with Crippen molar-refractivity contribution in [1.82, 2.24) is 5.32 Å². The molecule has 0 saturated carbocycles. The van der Waals surface area contributed by atoms with Crippen molar-refractivity contribution in [2.24, 2.45) is 0 Å². The molecule has 436 valence electrons. The van der Waals surface area contributed by atoms with Crippen molar-refractivity contribution in [3.05, 3.63) is 12.2 Å². The number of unbranched alkanes of at least 4 members (excludes halogenated alkanes) is 46. The van der Waals surface area contributed by atoms with Crippen molar-refractivity contribution in [2.75, 3.05) is 40.9 Å². The number of hydrogen-bond acceptors (Lipinski definition) is 5. The molecule has 3 N–H and O–H groups in total. The number of phosphoric acid groups is 1. The minimum absolute atomic E-state index is 0.0783. The lowest BCUT2D eigenvalue weighted by molar-refractivity contribution is -0.870. The Labute approximate surface area is 456 Å². The molecule has 0 aliphatic carbocycles. The lowest BCUT2D eigenvalue weighted by Crippen LogP contribution is -2.46. The average Bonchev–Trinajstić information content (AvgIpc) is 3.35. The second-order valence-electron chi connectivity index (χ2n) is 23.9. The lowest BCUT2D eigenvalue weighted by atomic mass is 10.0. The number of likely N-dealkylation sites (N-methyl/N-ethyl adjacent to an activating group) is 1. The molecule has 1 amide bonds. The van der Waals surface area contributed by atoms with Gasteiger partial charge < -0.3 is 19.8 Å². The fraction of sp³-hybridized carbons (Fsp3) is 0.953. The summed E-state index contributed by atoms with van der Waals surface area (Å²) >= 11 is 0. The maximum Gasteiger partial charge on any atom is 0.472 e. The highest BCUT2D eigenvalue weighted by molar-refractivity contribution is 7.47. The summed E-state index contributed by atoms with van der Waals surface area (Å²) in [6.07, 6.45) is 70.3. The van der Waals surface area contributed by atoms with E-state index in [4.69, 9.17) is 9.05 Å². The number of rotatable bonds is 61. The van der Waals surface area contributed by atoms with Gasteiger partial charge in [0.2, 0.25) is 5.91 Å². The summed E-state index contributed by atoms with van der Waals surface area (Å²) in [4.78, 5) is 23.3. The van der Waals surface area contributed by atoms with Crippen molar-refractivity contribution < 1.29 is 32.9 Å². The topological polar surface area (TPSA) is 105 Å². The van der Waals surface area contributed by atoms with Crippen LogP contribution in [0.15, 0.2) is 12.2 Å². The minimum Gasteiger partial charge on any atom is -0.391 e. The van der Waals surface area contributed by atoms with Crippen LogP contribution < -0.4 is 5.32 Å². The fourth-order valence-corrected chi connectivity index (χ4v) is 10.9. The number of hydrogen-bond donors (Lipinski definition) is 3. The van der Waals surface area contributed by atoms with Gasteiger partial charge in [-0.15, -0.1) is 0 Å². The van der Waals surface area contributed by atoms with Crippen LogP contribution in [0.3, 0.4) is 0 Å². The van der Waals surface area contributed by atoms with Crippen molar-refractivity contribution in [2.45, 2.75) is 353 Å². The Morgan fingerprint density at radius 1 is 0.452 bits per heavy atom. The summed E-state index contributed by atoms with van der Waals surface area (Å²) in [5, 5.41) is 14.1. The Morgan fingerprint density at radius 2 is 0.740 bits per heavy atom. The van der Waals surface area contributed by atoms with E-state index in [0.717, 1.165) is 38.5 Å². The van der Waals surface area contributed by atoms with E-state index < -0.39 is 20.0 Å². The molecule has 0 fully saturated rings. The van der Waals surface area contributed by atoms with Crippen molar-refractivity contribution >= 4 is 13.7 Å². The molecule has 0 aliphatic rings. The summed E-state index contributed by atoms with van der Waals surface area (Å²) in [7, 11) is 1.63. The van der Waals surface area contributed by atoms with Crippen LogP contribution in [-0.4, -0.2) is 73.4 Å². The Morgan fingerprint density at radius 3 is 1.05 bits per heavy atom. The molecule has 0 aromatic carbocycles. The van der Waals surface area contributed by atoms with Crippen LogP contribution in [0.5, 0.6) is 0 Å². The van der Waals surface area contributed by atoms with Gasteiger partial charge >= 0.3 is 7.82 Å². The summed E-state index contributed by atoms with van der Waals surface area (Å²) < 4.78 is 23.8. The van der Waals surface area contributed by atoms with Gasteiger partial charge in [0.1, 0.15) is 13.2 Å². The number of phosphoric ester groups is 1. The molecular weight excluding hydrogens is 924 g/mol. The van der Waals surface area contributed by atoms with E-state index in [1.807, 2.05) is 21.1 Å². The molecule has 0 bridgehead atoms. The molecule has 3 unspecified atom stereocenters. The summed E-state index contributed by atoms with van der Waals surface area (Å²) in [6.45, 7) is 4.93. The molecule has 0 rings (SSSR count). The molecule has 0 aliphatic heterocycles. The van der Waals surface area contributed by atoms with Crippen LogP contribution in [0.1, 0.15) is 341 Å². The second kappa shape index (κ2) is 56.0. The number of nitrogens with one attached hydrogen (secondary N) is 1. The van der Waals surface area contributed by atoms with Crippen molar-refractivity contribution in [3.63, 3.8) is 0 Å². The largest absolute Gasteiger partial charge is 0.472 e. The molecule has 0 heterocycles. The highest BCUT2D eigenvalue weighted by Crippen LogP contribution is 2.43. The van der Waals surface area contributed by atoms with Crippen molar-refractivity contribution in [1.29, 1.82) is 0 Å². The molecular formula is C64H130N2O6P+. The van der Waals surface area contributed by atoms with Crippen LogP contribution in [-0.2, 0) is 18.4 Å². The Bertz CT molecular complexity index is 1200. The van der Waals surface area contributed by atoms with Gasteiger partial charge in [0.05, 0.1) is 39.9 Å². The first-order valence-corrected chi connectivity index (χ1v) is 34.0. The second-order valence-corrected chi connectivity index (χ2v) is 25.3. The van der Waals surface area contributed by atoms with E-state index in [1.165, 1.54) is 276 Å². The lowest BCUT2D eigenvalue weighted by Gasteiger charge is -2.26. The number of carbonyl (C=O) groups excluding carboxylic acids is 1. The molecule has 0 saturated heterocycles. The summed E-state index contributed by atoms with van der Waals surface area (Å²) in [5.74, 6) is -0.137. The predicted octanol–water partition coefficient (Wildman–Crippen LogP) is 20.2. The quantitative estimate of drug-likeness (QED) is 0.0243. The van der Waals surface area contributed by atoms with Crippen LogP contribution >= 0.6 is 7.82 Å². The van der Waals surface area contributed by atoms with Crippen LogP contribution in [0.25, 0.3) is 0 Å². The summed E-state index contributed by atoms with van der Waals surface area (Å²) in [5.41, 5.74) is 0. The minimum atomic E-state index is -4.32. The fourth-order valence-electron chi connectivity index (χ4n) is 10.2. The van der Waals surface area contributed by atoms with E-state index in [9.17, 15) is 19.4 Å². The molecule has 8 nitrogen and oxygen atoms in total. The van der Waals surface area contributed by atoms with Gasteiger partial charge in [0.25, 0.3) is 0 Å². The standard InChI is InChI=1S/C64H129N2O6P/c1-6-8-10-12-14-16-18-20-22-23-24-25-26-27-28-29-30-31-32-33-34-35-36-37-38-39-40-41-42-43-44-46-48-50-52-54-56-58-64(68)65-62(61-72-73(69,70)71-60-59-66(3,4)5)63(67)57-55-53-51-49-47-45-21-19-17-15-13-11-9-7-2/h23-24,62-63,67H,6-22,25-61H2,1-5H3,(H-,65,68,69,70)/p+1/b24-23-. The number of aliphatic hydroxyl groups excluding tert-OH is 1. The molecule has 0 spiro atoms.